The Morgan fingerprint density at radius 3 is 2.63 bits per heavy atom. The van der Waals surface area contributed by atoms with Crippen molar-refractivity contribution < 1.29 is 15.1 Å². The molecule has 0 spiro atoms. The summed E-state index contributed by atoms with van der Waals surface area (Å²) in [5.74, 6) is 11.6. The second-order valence-electron chi connectivity index (χ2n) is 7.01. The van der Waals surface area contributed by atoms with Gasteiger partial charge in [-0.3, -0.25) is 15.1 Å². The normalized spacial score (nSPS) is 14.7. The molecule has 1 aromatic heterocycles. The van der Waals surface area contributed by atoms with Gasteiger partial charge in [0.15, 0.2) is 5.69 Å². The van der Waals surface area contributed by atoms with Crippen LogP contribution >= 0.6 is 11.8 Å². The van der Waals surface area contributed by atoms with Crippen LogP contribution in [-0.2, 0) is 4.84 Å². The number of thioether (sulfide) groups is 1. The van der Waals surface area contributed by atoms with Gasteiger partial charge >= 0.3 is 0 Å². The first kappa shape index (κ1) is 22.0. The van der Waals surface area contributed by atoms with Gasteiger partial charge in [0.25, 0.3) is 5.91 Å². The molecule has 1 amide bonds. The number of hydrazine groups is 1. The van der Waals surface area contributed by atoms with E-state index in [1.54, 1.807) is 44.2 Å². The summed E-state index contributed by atoms with van der Waals surface area (Å²) < 4.78 is 0. The number of amidine groups is 1. The molecule has 0 radical (unpaired) electrons. The van der Waals surface area contributed by atoms with Gasteiger partial charge in [0.05, 0.1) is 12.7 Å². The lowest BCUT2D eigenvalue weighted by Crippen LogP contribution is -2.75. The molecule has 1 aliphatic carbocycles. The van der Waals surface area contributed by atoms with Gasteiger partial charge in [-0.05, 0) is 42.2 Å². The molecule has 0 saturated heterocycles. The molecule has 7 N–H and O–H groups in total. The van der Waals surface area contributed by atoms with Gasteiger partial charge in [-0.1, -0.05) is 12.8 Å². The van der Waals surface area contributed by atoms with Crippen LogP contribution in [0.4, 0.5) is 11.6 Å². The zero-order chi connectivity index (χ0) is 21.5. The molecule has 30 heavy (non-hydrogen) atoms. The van der Waals surface area contributed by atoms with E-state index in [0.717, 1.165) is 11.3 Å². The summed E-state index contributed by atoms with van der Waals surface area (Å²) in [6, 6.07) is 5.31. The lowest BCUT2D eigenvalue weighted by molar-refractivity contribution is -0.830. The van der Waals surface area contributed by atoms with E-state index in [4.69, 9.17) is 16.5 Å². The highest BCUT2D eigenvalue weighted by Crippen LogP contribution is 2.33. The van der Waals surface area contributed by atoms with E-state index in [1.165, 1.54) is 42.5 Å². The molecule has 0 aliphatic heterocycles. The summed E-state index contributed by atoms with van der Waals surface area (Å²) in [4.78, 5) is 27.3. The van der Waals surface area contributed by atoms with E-state index >= 15 is 0 Å². The lowest BCUT2D eigenvalue weighted by atomic mass is 10.0. The average Bonchev–Trinajstić information content (AvgIpc) is 3.28. The number of carbonyl (C=O) groups is 1. The number of anilines is 1. The molecule has 10 nitrogen and oxygen atoms in total. The van der Waals surface area contributed by atoms with E-state index in [2.05, 4.69) is 20.4 Å². The van der Waals surface area contributed by atoms with Gasteiger partial charge in [0.2, 0.25) is 11.1 Å². The molecule has 1 saturated carbocycles. The standard InChI is InChI=1S/C19H26N8O2S/c1-27(21)19(25-20)30-16-8-7-14(26-29-2)9-15(16)17(28)24-18-22-10-13(11-23-18)12-5-3-4-6-12/h7-12,26H,3-6,20-21H2,1-2H3,(H,22,23,24,28)/p+1/b25-19+. The molecule has 1 aromatic carbocycles. The van der Waals surface area contributed by atoms with Gasteiger partial charge in [0, 0.05) is 36.5 Å². The van der Waals surface area contributed by atoms with Crippen LogP contribution in [-0.4, -0.2) is 40.2 Å². The highest BCUT2D eigenvalue weighted by atomic mass is 32.2. The van der Waals surface area contributed by atoms with Gasteiger partial charge in [0.1, 0.15) is 0 Å². The van der Waals surface area contributed by atoms with Crippen molar-refractivity contribution >= 4 is 34.5 Å². The molecule has 1 aliphatic rings. The second kappa shape index (κ2) is 10.3. The van der Waals surface area contributed by atoms with Crippen molar-refractivity contribution in [1.82, 2.24) is 15.0 Å². The van der Waals surface area contributed by atoms with Crippen molar-refractivity contribution in [1.29, 1.82) is 0 Å². The monoisotopic (exact) mass is 431 g/mol. The predicted octanol–water partition coefficient (Wildman–Crippen LogP) is 1.27. The zero-order valence-electron chi connectivity index (χ0n) is 17.0. The number of rotatable bonds is 6. The molecular weight excluding hydrogens is 404 g/mol. The number of hydrazone groups is 1. The maximum absolute atomic E-state index is 13.0. The Morgan fingerprint density at radius 2 is 2.03 bits per heavy atom. The summed E-state index contributed by atoms with van der Waals surface area (Å²) in [6.07, 6.45) is 8.41. The number of amides is 1. The number of hydrogen-bond donors (Lipinski definition) is 4. The van der Waals surface area contributed by atoms with Crippen molar-refractivity contribution in [3.05, 3.63) is 41.7 Å². The van der Waals surface area contributed by atoms with Crippen LogP contribution in [0.25, 0.3) is 0 Å². The van der Waals surface area contributed by atoms with E-state index in [9.17, 15) is 4.79 Å². The van der Waals surface area contributed by atoms with Crippen LogP contribution in [0.1, 0.15) is 47.5 Å². The first-order valence-electron chi connectivity index (χ1n) is 9.59. The van der Waals surface area contributed by atoms with E-state index < -0.39 is 0 Å². The molecule has 3 rings (SSSR count). The summed E-state index contributed by atoms with van der Waals surface area (Å²) in [5, 5.41) is 8.06. The van der Waals surface area contributed by atoms with Crippen LogP contribution in [0.5, 0.6) is 0 Å². The zero-order valence-corrected chi connectivity index (χ0v) is 17.9. The first-order valence-corrected chi connectivity index (χ1v) is 10.4. The minimum atomic E-state index is -0.353. The number of aromatic nitrogens is 2. The van der Waals surface area contributed by atoms with E-state index in [0.29, 0.717) is 21.5 Å². The lowest BCUT2D eigenvalue weighted by Gasteiger charge is -2.15. The van der Waals surface area contributed by atoms with Gasteiger partial charge in [-0.2, -0.15) is 10.6 Å². The number of benzene rings is 1. The van der Waals surface area contributed by atoms with Crippen LogP contribution in [0, 0.1) is 0 Å². The smallest absolute Gasteiger partial charge is 0.259 e. The van der Waals surface area contributed by atoms with Crippen molar-refractivity contribution in [2.75, 3.05) is 19.5 Å². The molecule has 1 fully saturated rings. The Bertz CT molecular complexity index is 898. The topological polar surface area (TPSA) is 148 Å². The van der Waals surface area contributed by atoms with Crippen LogP contribution in [0.15, 0.2) is 40.6 Å². The fourth-order valence-electron chi connectivity index (χ4n) is 3.35. The Labute approximate surface area is 179 Å². The molecule has 160 valence electrons. The van der Waals surface area contributed by atoms with Crippen molar-refractivity contribution in [2.45, 2.75) is 36.5 Å². The average molecular weight is 432 g/mol. The minimum Gasteiger partial charge on any atom is -0.321 e. The number of nitrogens with one attached hydrogen (secondary N) is 1. The Hall–Kier alpha value is -2.73. The summed E-state index contributed by atoms with van der Waals surface area (Å²) in [6.45, 7) is 0. The molecule has 0 unspecified atom stereocenters. The van der Waals surface area contributed by atoms with Crippen LogP contribution in [0.2, 0.25) is 0 Å². The third-order valence-corrected chi connectivity index (χ3v) is 5.99. The third kappa shape index (κ3) is 5.45. The summed E-state index contributed by atoms with van der Waals surface area (Å²) >= 11 is 1.18. The minimum absolute atomic E-state index is 0.252. The maximum atomic E-state index is 13.0. The molecule has 2 aromatic rings. The van der Waals surface area contributed by atoms with Gasteiger partial charge < -0.3 is 5.84 Å². The largest absolute Gasteiger partial charge is 0.321 e. The number of hydrogen-bond acceptors (Lipinski definition) is 8. The van der Waals surface area contributed by atoms with Crippen LogP contribution < -0.4 is 22.5 Å². The number of nitrogens with two attached hydrogens (primary N) is 3. The predicted molar refractivity (Wildman–Crippen MR) is 116 cm³/mol. The Kier molecular flexibility index (Phi) is 7.57. The fraction of sp³-hybridized carbons (Fsp3) is 0.368. The summed E-state index contributed by atoms with van der Waals surface area (Å²) in [7, 11) is 3.16. The first-order chi connectivity index (χ1) is 14.5. The van der Waals surface area contributed by atoms with Crippen molar-refractivity contribution in [3.8, 4) is 0 Å². The summed E-state index contributed by atoms with van der Waals surface area (Å²) in [5.41, 5.74) is 3.80. The third-order valence-electron chi connectivity index (χ3n) is 4.84. The molecule has 1 heterocycles. The van der Waals surface area contributed by atoms with E-state index in [1.807, 2.05) is 6.07 Å². The Morgan fingerprint density at radius 1 is 1.33 bits per heavy atom. The van der Waals surface area contributed by atoms with Crippen LogP contribution in [0.3, 0.4) is 0 Å². The van der Waals surface area contributed by atoms with Crippen molar-refractivity contribution in [2.24, 2.45) is 16.8 Å². The van der Waals surface area contributed by atoms with Gasteiger partial charge in [-0.15, -0.1) is 0 Å². The van der Waals surface area contributed by atoms with Crippen molar-refractivity contribution in [3.63, 3.8) is 0 Å². The highest BCUT2D eigenvalue weighted by Gasteiger charge is 2.20. The maximum Gasteiger partial charge on any atom is 0.259 e. The highest BCUT2D eigenvalue weighted by molar-refractivity contribution is 8.13. The molecule has 11 heteroatoms. The fourth-order valence-corrected chi connectivity index (χ4v) is 4.14. The number of quaternary nitrogens is 1. The second-order valence-corrected chi connectivity index (χ2v) is 8.02. The Balaban J connectivity index is 1.81. The number of carbonyl (C=O) groups excluding carboxylic acids is 1. The van der Waals surface area contributed by atoms with E-state index in [-0.39, 0.29) is 11.9 Å². The number of nitrogens with zero attached hydrogens (tertiary/aromatic N) is 4. The molecule has 0 atom stereocenters. The molecular formula is C19H27N8O2S+. The molecule has 0 bridgehead atoms. The SMILES string of the molecule is CO[NH2+]c1ccc(S/C(=N/N)N(C)N)c(C(=O)Nc2ncc(C3CCCC3)cn2)c1. The van der Waals surface area contributed by atoms with Gasteiger partial charge in [-0.25, -0.2) is 20.6 Å². The quantitative estimate of drug-likeness (QED) is 0.133.